The molecule has 0 bridgehead atoms. The summed E-state index contributed by atoms with van der Waals surface area (Å²) in [5, 5.41) is 8.83. The predicted octanol–water partition coefficient (Wildman–Crippen LogP) is 2.00. The van der Waals surface area contributed by atoms with E-state index in [0.717, 1.165) is 11.1 Å². The van der Waals surface area contributed by atoms with Crippen LogP contribution in [0.25, 0.3) is 0 Å². The third-order valence-electron chi connectivity index (χ3n) is 2.94. The van der Waals surface area contributed by atoms with Crippen LogP contribution in [0.4, 0.5) is 0 Å². The molecule has 1 aliphatic heterocycles. The van der Waals surface area contributed by atoms with Crippen LogP contribution in [0, 0.1) is 5.92 Å². The minimum Gasteiger partial charge on any atom is -0.481 e. The summed E-state index contributed by atoms with van der Waals surface area (Å²) < 4.78 is 10.5. The van der Waals surface area contributed by atoms with Crippen LogP contribution in [0.1, 0.15) is 24.2 Å². The Kier molecular flexibility index (Phi) is 3.76. The van der Waals surface area contributed by atoms with Crippen molar-refractivity contribution in [1.29, 1.82) is 0 Å². The zero-order valence-corrected chi connectivity index (χ0v) is 9.76. The van der Waals surface area contributed by atoms with Crippen LogP contribution < -0.4 is 0 Å². The summed E-state index contributed by atoms with van der Waals surface area (Å²) in [5.74, 6) is -1.12. The molecule has 1 aromatic carbocycles. The number of carbonyl (C=O) groups is 1. The van der Waals surface area contributed by atoms with Crippen molar-refractivity contribution in [3.63, 3.8) is 0 Å². The maximum absolute atomic E-state index is 10.7. The van der Waals surface area contributed by atoms with Gasteiger partial charge in [-0.3, -0.25) is 4.79 Å². The fraction of sp³-hybridized carbons (Fsp3) is 0.462. The molecule has 0 saturated carbocycles. The van der Waals surface area contributed by atoms with E-state index in [1.807, 2.05) is 24.3 Å². The fourth-order valence-electron chi connectivity index (χ4n) is 1.84. The molecule has 1 saturated heterocycles. The average molecular weight is 236 g/mol. The summed E-state index contributed by atoms with van der Waals surface area (Å²) in [6.45, 7) is 2.65. The topological polar surface area (TPSA) is 55.8 Å². The highest BCUT2D eigenvalue weighted by Gasteiger charge is 2.18. The molecule has 2 unspecified atom stereocenters. The van der Waals surface area contributed by atoms with Crippen LogP contribution >= 0.6 is 0 Å². The minimum atomic E-state index is -0.762. The lowest BCUT2D eigenvalue weighted by Gasteiger charge is -2.10. The smallest absolute Gasteiger partial charge is 0.306 e. The van der Waals surface area contributed by atoms with E-state index in [1.165, 1.54) is 0 Å². The molecule has 2 atom stereocenters. The molecule has 1 aliphatic rings. The van der Waals surface area contributed by atoms with Crippen molar-refractivity contribution in [2.75, 3.05) is 13.4 Å². The third kappa shape index (κ3) is 3.05. The predicted molar refractivity (Wildman–Crippen MR) is 61.6 cm³/mol. The van der Waals surface area contributed by atoms with Crippen LogP contribution in [0.2, 0.25) is 0 Å². The second kappa shape index (κ2) is 5.29. The average Bonchev–Trinajstić information content (AvgIpc) is 2.83. The van der Waals surface area contributed by atoms with Gasteiger partial charge in [-0.05, 0) is 17.5 Å². The number of hydrogen-bond donors (Lipinski definition) is 1. The second-order valence-electron chi connectivity index (χ2n) is 4.33. The van der Waals surface area contributed by atoms with Crippen molar-refractivity contribution in [2.45, 2.75) is 19.4 Å². The van der Waals surface area contributed by atoms with Crippen LogP contribution in [-0.4, -0.2) is 24.5 Å². The van der Waals surface area contributed by atoms with E-state index in [1.54, 1.807) is 6.92 Å². The van der Waals surface area contributed by atoms with Crippen molar-refractivity contribution in [3.8, 4) is 0 Å². The van der Waals surface area contributed by atoms with E-state index in [0.29, 0.717) is 19.8 Å². The van der Waals surface area contributed by atoms with Gasteiger partial charge in [0.05, 0.1) is 12.5 Å². The van der Waals surface area contributed by atoms with Crippen LogP contribution in [0.5, 0.6) is 0 Å². The molecule has 92 valence electrons. The lowest BCUT2D eigenvalue weighted by atomic mass is 9.99. The summed E-state index contributed by atoms with van der Waals surface area (Å²) in [6.07, 6.45) is 0.568. The number of carboxylic acid groups (broad SMARTS) is 1. The SMILES string of the molecule is CC(Cc1ccc(C2COCO2)cc1)C(=O)O. The summed E-state index contributed by atoms with van der Waals surface area (Å²) in [5.41, 5.74) is 2.11. The zero-order valence-electron chi connectivity index (χ0n) is 9.76. The van der Waals surface area contributed by atoms with Gasteiger partial charge in [-0.15, -0.1) is 0 Å². The zero-order chi connectivity index (χ0) is 12.3. The Hall–Kier alpha value is -1.39. The second-order valence-corrected chi connectivity index (χ2v) is 4.33. The number of benzene rings is 1. The first-order valence-electron chi connectivity index (χ1n) is 5.68. The quantitative estimate of drug-likeness (QED) is 0.868. The monoisotopic (exact) mass is 236 g/mol. The van der Waals surface area contributed by atoms with Gasteiger partial charge in [-0.1, -0.05) is 31.2 Å². The summed E-state index contributed by atoms with van der Waals surface area (Å²) in [7, 11) is 0. The Bertz CT molecular complexity index is 379. The number of rotatable bonds is 4. The molecule has 0 radical (unpaired) electrons. The molecule has 4 heteroatoms. The lowest BCUT2D eigenvalue weighted by Crippen LogP contribution is -2.12. The van der Waals surface area contributed by atoms with Crippen LogP contribution in [0.3, 0.4) is 0 Å². The molecule has 17 heavy (non-hydrogen) atoms. The molecule has 1 N–H and O–H groups in total. The first-order valence-corrected chi connectivity index (χ1v) is 5.68. The maximum Gasteiger partial charge on any atom is 0.306 e. The molecule has 1 fully saturated rings. The molecule has 0 amide bonds. The Labute approximate surface area is 100 Å². The van der Waals surface area contributed by atoms with E-state index in [4.69, 9.17) is 14.6 Å². The maximum atomic E-state index is 10.7. The van der Waals surface area contributed by atoms with Gasteiger partial charge in [0.15, 0.2) is 0 Å². The Morgan fingerprint density at radius 3 is 2.71 bits per heavy atom. The fourth-order valence-corrected chi connectivity index (χ4v) is 1.84. The summed E-state index contributed by atoms with van der Waals surface area (Å²) in [6, 6.07) is 7.86. The highest BCUT2D eigenvalue weighted by molar-refractivity contribution is 5.69. The van der Waals surface area contributed by atoms with Gasteiger partial charge in [0, 0.05) is 0 Å². The standard InChI is InChI=1S/C13H16O4/c1-9(13(14)15)6-10-2-4-11(5-3-10)12-7-16-8-17-12/h2-5,9,12H,6-8H2,1H3,(H,14,15). The van der Waals surface area contributed by atoms with E-state index in [9.17, 15) is 4.79 Å². The van der Waals surface area contributed by atoms with E-state index >= 15 is 0 Å². The number of carboxylic acids is 1. The molecule has 0 aliphatic carbocycles. The van der Waals surface area contributed by atoms with Gasteiger partial charge in [-0.25, -0.2) is 0 Å². The van der Waals surface area contributed by atoms with Gasteiger partial charge in [-0.2, -0.15) is 0 Å². The number of hydrogen-bond acceptors (Lipinski definition) is 3. The molecular weight excluding hydrogens is 220 g/mol. The molecule has 0 spiro atoms. The van der Waals surface area contributed by atoms with Crippen molar-refractivity contribution in [1.82, 2.24) is 0 Å². The van der Waals surface area contributed by atoms with E-state index in [2.05, 4.69) is 0 Å². The van der Waals surface area contributed by atoms with Crippen molar-refractivity contribution in [3.05, 3.63) is 35.4 Å². The molecule has 0 aromatic heterocycles. The van der Waals surface area contributed by atoms with Crippen LogP contribution in [-0.2, 0) is 20.7 Å². The van der Waals surface area contributed by atoms with Gasteiger partial charge in [0.2, 0.25) is 0 Å². The molecule has 1 heterocycles. The number of aliphatic carboxylic acids is 1. The van der Waals surface area contributed by atoms with Gasteiger partial charge >= 0.3 is 5.97 Å². The first kappa shape index (κ1) is 12.1. The molecular formula is C13H16O4. The highest BCUT2D eigenvalue weighted by Crippen LogP contribution is 2.23. The van der Waals surface area contributed by atoms with Crippen molar-refractivity contribution < 1.29 is 19.4 Å². The lowest BCUT2D eigenvalue weighted by molar-refractivity contribution is -0.141. The molecule has 1 aromatic rings. The third-order valence-corrected chi connectivity index (χ3v) is 2.94. The normalized spacial score (nSPS) is 21.4. The van der Waals surface area contributed by atoms with E-state index in [-0.39, 0.29) is 12.0 Å². The Morgan fingerprint density at radius 2 is 2.18 bits per heavy atom. The van der Waals surface area contributed by atoms with Gasteiger partial charge in [0.25, 0.3) is 0 Å². The molecule has 2 rings (SSSR count). The Morgan fingerprint density at radius 1 is 1.47 bits per heavy atom. The Balaban J connectivity index is 2.00. The summed E-state index contributed by atoms with van der Waals surface area (Å²) >= 11 is 0. The minimum absolute atomic E-state index is 0.0148. The van der Waals surface area contributed by atoms with Crippen LogP contribution in [0.15, 0.2) is 24.3 Å². The largest absolute Gasteiger partial charge is 0.481 e. The van der Waals surface area contributed by atoms with Crippen molar-refractivity contribution >= 4 is 5.97 Å². The van der Waals surface area contributed by atoms with E-state index < -0.39 is 5.97 Å². The van der Waals surface area contributed by atoms with Crippen molar-refractivity contribution in [2.24, 2.45) is 5.92 Å². The molecule has 4 nitrogen and oxygen atoms in total. The first-order chi connectivity index (χ1) is 8.16. The summed E-state index contributed by atoms with van der Waals surface area (Å²) in [4.78, 5) is 10.7. The van der Waals surface area contributed by atoms with Gasteiger partial charge < -0.3 is 14.6 Å². The van der Waals surface area contributed by atoms with Gasteiger partial charge in [0.1, 0.15) is 12.9 Å². The highest BCUT2D eigenvalue weighted by atomic mass is 16.7. The number of ether oxygens (including phenoxy) is 2.